The zero-order valence-corrected chi connectivity index (χ0v) is 10.3. The summed E-state index contributed by atoms with van der Waals surface area (Å²) in [5, 5.41) is 20.1. The molecule has 0 aliphatic carbocycles. The van der Waals surface area contributed by atoms with Crippen LogP contribution in [0.2, 0.25) is 5.02 Å². The van der Waals surface area contributed by atoms with Crippen molar-refractivity contribution in [3.8, 4) is 17.6 Å². The number of ether oxygens (including phenoxy) is 1. The molecular weight excluding hydrogens is 268 g/mol. The summed E-state index contributed by atoms with van der Waals surface area (Å²) in [4.78, 5) is 10.3. The van der Waals surface area contributed by atoms with E-state index in [1.807, 2.05) is 6.07 Å². The maximum absolute atomic E-state index is 10.9. The van der Waals surface area contributed by atoms with Crippen LogP contribution in [0.3, 0.4) is 0 Å². The van der Waals surface area contributed by atoms with Gasteiger partial charge in [0.25, 0.3) is 0 Å². The molecule has 0 fully saturated rings. The normalized spacial score (nSPS) is 9.68. The molecule has 0 unspecified atom stereocenters. The molecule has 19 heavy (non-hydrogen) atoms. The number of halogens is 1. The first-order chi connectivity index (χ1) is 9.13. The Morgan fingerprint density at radius 1 is 1.16 bits per heavy atom. The van der Waals surface area contributed by atoms with E-state index in [9.17, 15) is 10.1 Å². The minimum Gasteiger partial charge on any atom is -0.449 e. The topological polar surface area (TPSA) is 76.2 Å². The predicted molar refractivity (Wildman–Crippen MR) is 69.3 cm³/mol. The summed E-state index contributed by atoms with van der Waals surface area (Å²) in [6.07, 6.45) is 0. The summed E-state index contributed by atoms with van der Waals surface area (Å²) in [5.41, 5.74) is -0.0336. The van der Waals surface area contributed by atoms with Crippen LogP contribution >= 0.6 is 11.6 Å². The van der Waals surface area contributed by atoms with E-state index in [2.05, 4.69) is 0 Å². The van der Waals surface area contributed by atoms with Gasteiger partial charge in [-0.15, -0.1) is 0 Å². The highest BCUT2D eigenvalue weighted by atomic mass is 35.5. The van der Waals surface area contributed by atoms with Gasteiger partial charge in [-0.3, -0.25) is 10.1 Å². The second-order valence-electron chi connectivity index (χ2n) is 3.55. The lowest BCUT2D eigenvalue weighted by Crippen LogP contribution is -1.94. The molecule has 0 bridgehead atoms. The predicted octanol–water partition coefficient (Wildman–Crippen LogP) is 3.91. The van der Waals surface area contributed by atoms with Crippen molar-refractivity contribution in [1.82, 2.24) is 0 Å². The number of rotatable bonds is 3. The molecule has 0 spiro atoms. The van der Waals surface area contributed by atoms with Crippen molar-refractivity contribution in [3.63, 3.8) is 0 Å². The molecule has 2 aromatic rings. The van der Waals surface area contributed by atoms with Crippen molar-refractivity contribution in [2.24, 2.45) is 0 Å². The Morgan fingerprint density at radius 2 is 1.84 bits per heavy atom. The highest BCUT2D eigenvalue weighted by molar-refractivity contribution is 6.31. The summed E-state index contributed by atoms with van der Waals surface area (Å²) in [5.74, 6) is 0.246. The average Bonchev–Trinajstić information content (AvgIpc) is 2.39. The van der Waals surface area contributed by atoms with Gasteiger partial charge in [-0.05, 0) is 18.2 Å². The van der Waals surface area contributed by atoms with Gasteiger partial charge >= 0.3 is 5.69 Å². The Balaban J connectivity index is 2.46. The molecule has 0 saturated carbocycles. The maximum atomic E-state index is 10.9. The van der Waals surface area contributed by atoms with E-state index in [0.717, 1.165) is 0 Å². The smallest absolute Gasteiger partial charge is 0.311 e. The van der Waals surface area contributed by atoms with Crippen molar-refractivity contribution >= 4 is 17.3 Å². The number of nitrogens with zero attached hydrogens (tertiary/aromatic N) is 2. The van der Waals surface area contributed by atoms with E-state index < -0.39 is 4.92 Å². The average molecular weight is 275 g/mol. The summed E-state index contributed by atoms with van der Waals surface area (Å²) >= 11 is 5.86. The van der Waals surface area contributed by atoms with Gasteiger partial charge in [0.1, 0.15) is 17.4 Å². The Hall–Kier alpha value is -2.58. The van der Waals surface area contributed by atoms with Gasteiger partial charge in [0.05, 0.1) is 9.95 Å². The Labute approximate surface area is 113 Å². The number of para-hydroxylation sites is 2. The van der Waals surface area contributed by atoms with Crippen LogP contribution in [0.25, 0.3) is 0 Å². The van der Waals surface area contributed by atoms with Crippen molar-refractivity contribution in [2.45, 2.75) is 0 Å². The zero-order valence-electron chi connectivity index (χ0n) is 9.54. The molecule has 94 valence electrons. The van der Waals surface area contributed by atoms with Crippen LogP contribution in [0, 0.1) is 21.4 Å². The van der Waals surface area contributed by atoms with Gasteiger partial charge < -0.3 is 4.74 Å². The summed E-state index contributed by atoms with van der Waals surface area (Å²) in [7, 11) is 0. The van der Waals surface area contributed by atoms with E-state index in [4.69, 9.17) is 21.6 Å². The molecule has 0 aromatic heterocycles. The lowest BCUT2D eigenvalue weighted by molar-refractivity contribution is -0.385. The molecule has 2 aromatic carbocycles. The quantitative estimate of drug-likeness (QED) is 0.628. The van der Waals surface area contributed by atoms with Crippen LogP contribution < -0.4 is 4.74 Å². The van der Waals surface area contributed by atoms with Crippen LogP contribution in [-0.4, -0.2) is 4.92 Å². The number of nitriles is 1. The second kappa shape index (κ2) is 5.38. The van der Waals surface area contributed by atoms with Crippen LogP contribution in [-0.2, 0) is 0 Å². The molecule has 0 radical (unpaired) electrons. The molecule has 0 heterocycles. The number of nitro groups is 1. The molecule has 2 rings (SSSR count). The number of nitro benzene ring substituents is 1. The van der Waals surface area contributed by atoms with Crippen molar-refractivity contribution in [1.29, 1.82) is 5.26 Å². The van der Waals surface area contributed by atoms with Crippen molar-refractivity contribution in [2.75, 3.05) is 0 Å². The molecule has 0 aliphatic rings. The third-order valence-electron chi connectivity index (χ3n) is 2.37. The number of hydrogen-bond donors (Lipinski definition) is 0. The Kier molecular flexibility index (Phi) is 3.64. The third kappa shape index (κ3) is 2.64. The van der Waals surface area contributed by atoms with Gasteiger partial charge in [-0.25, -0.2) is 0 Å². The van der Waals surface area contributed by atoms with E-state index >= 15 is 0 Å². The van der Waals surface area contributed by atoms with E-state index in [-0.39, 0.29) is 27.8 Å². The molecule has 0 aliphatic heterocycles. The monoisotopic (exact) mass is 274 g/mol. The van der Waals surface area contributed by atoms with E-state index in [1.54, 1.807) is 18.2 Å². The summed E-state index contributed by atoms with van der Waals surface area (Å²) in [6, 6.07) is 12.5. The SMILES string of the molecule is N#Cc1c(Cl)cccc1Oc1ccccc1[N+](=O)[O-]. The maximum Gasteiger partial charge on any atom is 0.311 e. The van der Waals surface area contributed by atoms with Gasteiger partial charge in [0, 0.05) is 6.07 Å². The lowest BCUT2D eigenvalue weighted by atomic mass is 10.2. The Bertz CT molecular complexity index is 680. The largest absolute Gasteiger partial charge is 0.449 e. The molecule has 0 atom stereocenters. The fourth-order valence-corrected chi connectivity index (χ4v) is 1.72. The minimum atomic E-state index is -0.550. The Morgan fingerprint density at radius 3 is 2.53 bits per heavy atom. The standard InChI is InChI=1S/C13H7ClN2O3/c14-10-4-3-7-12(9(10)8-15)19-13-6-2-1-5-11(13)16(17)18/h1-7H. The molecule has 0 amide bonds. The minimum absolute atomic E-state index is 0.0614. The number of hydrogen-bond acceptors (Lipinski definition) is 4. The summed E-state index contributed by atoms with van der Waals surface area (Å²) in [6.45, 7) is 0. The molecule has 5 nitrogen and oxygen atoms in total. The zero-order chi connectivity index (χ0) is 13.8. The first-order valence-corrected chi connectivity index (χ1v) is 5.61. The van der Waals surface area contributed by atoms with Gasteiger partial charge in [-0.2, -0.15) is 5.26 Å². The van der Waals surface area contributed by atoms with E-state index in [0.29, 0.717) is 0 Å². The van der Waals surface area contributed by atoms with E-state index in [1.165, 1.54) is 24.3 Å². The van der Waals surface area contributed by atoms with Gasteiger partial charge in [0.15, 0.2) is 0 Å². The van der Waals surface area contributed by atoms with Crippen LogP contribution in [0.5, 0.6) is 11.5 Å². The van der Waals surface area contributed by atoms with Crippen molar-refractivity contribution in [3.05, 3.63) is 63.2 Å². The highest BCUT2D eigenvalue weighted by Gasteiger charge is 2.16. The first-order valence-electron chi connectivity index (χ1n) is 5.23. The van der Waals surface area contributed by atoms with Gasteiger partial charge in [0.2, 0.25) is 5.75 Å². The summed E-state index contributed by atoms with van der Waals surface area (Å²) < 4.78 is 5.43. The fourth-order valence-electron chi connectivity index (χ4n) is 1.51. The first kappa shape index (κ1) is 12.9. The molecule has 6 heteroatoms. The van der Waals surface area contributed by atoms with Crippen LogP contribution in [0.4, 0.5) is 5.69 Å². The molecule has 0 N–H and O–H groups in total. The van der Waals surface area contributed by atoms with Crippen molar-refractivity contribution < 1.29 is 9.66 Å². The molecule has 0 saturated heterocycles. The second-order valence-corrected chi connectivity index (χ2v) is 3.96. The van der Waals surface area contributed by atoms with Crippen LogP contribution in [0.1, 0.15) is 5.56 Å². The third-order valence-corrected chi connectivity index (χ3v) is 2.68. The van der Waals surface area contributed by atoms with Crippen LogP contribution in [0.15, 0.2) is 42.5 Å². The molecular formula is C13H7ClN2O3. The highest BCUT2D eigenvalue weighted by Crippen LogP contribution is 2.34. The number of benzene rings is 2. The van der Waals surface area contributed by atoms with Gasteiger partial charge in [-0.1, -0.05) is 29.8 Å². The lowest BCUT2D eigenvalue weighted by Gasteiger charge is -2.08. The fraction of sp³-hybridized carbons (Fsp3) is 0.